The molecular weight excluding hydrogens is 534 g/mol. The van der Waals surface area contributed by atoms with E-state index in [0.29, 0.717) is 39.2 Å². The predicted molar refractivity (Wildman–Crippen MR) is 151 cm³/mol. The molecule has 0 bridgehead atoms. The lowest BCUT2D eigenvalue weighted by molar-refractivity contribution is 0.0588. The minimum absolute atomic E-state index is 0.00502. The van der Waals surface area contributed by atoms with Gasteiger partial charge in [-0.3, -0.25) is 19.1 Å². The van der Waals surface area contributed by atoms with E-state index < -0.39 is 34.9 Å². The number of carboxylic acid groups (broad SMARTS) is 1. The highest BCUT2D eigenvalue weighted by Crippen LogP contribution is 2.50. The zero-order valence-electron chi connectivity index (χ0n) is 23.4. The fourth-order valence-electron chi connectivity index (χ4n) is 5.11. The Morgan fingerprint density at radius 1 is 1.07 bits per heavy atom. The van der Waals surface area contributed by atoms with Gasteiger partial charge in [-0.25, -0.2) is 18.4 Å². The Bertz CT molecular complexity index is 1830. The number of aromatic carboxylic acids is 1. The van der Waals surface area contributed by atoms with Gasteiger partial charge in [0.15, 0.2) is 11.6 Å². The van der Waals surface area contributed by atoms with Gasteiger partial charge in [0.2, 0.25) is 0 Å². The highest BCUT2D eigenvalue weighted by Gasteiger charge is 2.35. The van der Waals surface area contributed by atoms with Gasteiger partial charge in [-0.15, -0.1) is 0 Å². The lowest BCUT2D eigenvalue weighted by Crippen LogP contribution is -2.34. The molecule has 0 radical (unpaired) electrons. The molecule has 0 saturated carbocycles. The number of pyridine rings is 3. The van der Waals surface area contributed by atoms with Crippen molar-refractivity contribution in [3.05, 3.63) is 81.5 Å². The Hall–Kier alpha value is -4.80. The Balaban J connectivity index is 1.73. The minimum atomic E-state index is -1.34. The maximum atomic E-state index is 15.6. The number of amides is 1. The van der Waals surface area contributed by atoms with E-state index in [1.54, 1.807) is 58.1 Å². The van der Waals surface area contributed by atoms with Crippen molar-refractivity contribution in [1.82, 2.24) is 9.38 Å². The number of hydrogen-bond donors (Lipinski definition) is 1. The number of fused-ring (bicyclic) bond motifs is 4. The molecule has 0 unspecified atom stereocenters. The molecule has 3 aromatic heterocycles. The van der Waals surface area contributed by atoms with Crippen molar-refractivity contribution in [2.75, 3.05) is 30.9 Å². The average Bonchev–Trinajstić information content (AvgIpc) is 3.28. The number of rotatable bonds is 4. The number of benzene rings is 1. The number of anilines is 2. The molecule has 1 amide bonds. The lowest BCUT2D eigenvalue weighted by atomic mass is 9.97. The first-order valence-electron chi connectivity index (χ1n) is 12.8. The van der Waals surface area contributed by atoms with E-state index in [1.807, 2.05) is 0 Å². The van der Waals surface area contributed by atoms with Crippen molar-refractivity contribution < 1.29 is 28.2 Å². The van der Waals surface area contributed by atoms with E-state index >= 15 is 8.78 Å². The second kappa shape index (κ2) is 9.69. The molecule has 5 rings (SSSR count). The van der Waals surface area contributed by atoms with Crippen LogP contribution in [0.1, 0.15) is 42.4 Å². The van der Waals surface area contributed by atoms with Crippen LogP contribution in [-0.4, -0.2) is 53.3 Å². The number of carboxylic acids is 1. The van der Waals surface area contributed by atoms with Crippen LogP contribution in [-0.2, 0) is 11.2 Å². The quantitative estimate of drug-likeness (QED) is 0.315. The molecule has 0 atom stereocenters. The van der Waals surface area contributed by atoms with E-state index in [0.717, 1.165) is 11.0 Å². The van der Waals surface area contributed by atoms with E-state index in [4.69, 9.17) is 4.74 Å². The molecule has 9 nitrogen and oxygen atoms in total. The van der Waals surface area contributed by atoms with Crippen molar-refractivity contribution in [3.8, 4) is 22.3 Å². The van der Waals surface area contributed by atoms with Crippen LogP contribution in [0.5, 0.6) is 0 Å². The van der Waals surface area contributed by atoms with Crippen LogP contribution in [0.3, 0.4) is 0 Å². The van der Waals surface area contributed by atoms with Crippen LogP contribution in [0, 0.1) is 11.6 Å². The van der Waals surface area contributed by atoms with E-state index in [2.05, 4.69) is 4.98 Å². The first kappa shape index (κ1) is 27.8. The van der Waals surface area contributed by atoms with Crippen LogP contribution in [0.15, 0.2) is 47.5 Å². The van der Waals surface area contributed by atoms with Gasteiger partial charge in [0.1, 0.15) is 11.2 Å². The van der Waals surface area contributed by atoms with Gasteiger partial charge >= 0.3 is 12.1 Å². The third-order valence-corrected chi connectivity index (χ3v) is 6.90. The molecule has 1 aliphatic rings. The van der Waals surface area contributed by atoms with Crippen molar-refractivity contribution in [2.24, 2.45) is 0 Å². The lowest BCUT2D eigenvalue weighted by Gasteiger charge is -2.26. The van der Waals surface area contributed by atoms with Gasteiger partial charge in [-0.2, -0.15) is 0 Å². The summed E-state index contributed by atoms with van der Waals surface area (Å²) >= 11 is 0. The maximum absolute atomic E-state index is 15.6. The maximum Gasteiger partial charge on any atom is 0.414 e. The Morgan fingerprint density at radius 2 is 1.76 bits per heavy atom. The van der Waals surface area contributed by atoms with Gasteiger partial charge in [-0.1, -0.05) is 6.07 Å². The summed E-state index contributed by atoms with van der Waals surface area (Å²) in [5.74, 6) is -3.54. The third kappa shape index (κ3) is 4.66. The summed E-state index contributed by atoms with van der Waals surface area (Å²) in [5, 5.41) is 9.40. The molecule has 1 aliphatic carbocycles. The van der Waals surface area contributed by atoms with Crippen LogP contribution in [0.25, 0.3) is 27.8 Å². The molecule has 0 aliphatic heterocycles. The van der Waals surface area contributed by atoms with E-state index in [9.17, 15) is 19.5 Å². The van der Waals surface area contributed by atoms with Crippen LogP contribution in [0.2, 0.25) is 0 Å². The average molecular weight is 563 g/mol. The van der Waals surface area contributed by atoms with E-state index in [-0.39, 0.29) is 23.2 Å². The second-order valence-corrected chi connectivity index (χ2v) is 11.1. The molecule has 212 valence electrons. The smallest absolute Gasteiger partial charge is 0.414 e. The van der Waals surface area contributed by atoms with Gasteiger partial charge in [0, 0.05) is 73.8 Å². The molecule has 0 spiro atoms. The molecule has 3 heterocycles. The molecule has 0 fully saturated rings. The monoisotopic (exact) mass is 562 g/mol. The largest absolute Gasteiger partial charge is 0.477 e. The summed E-state index contributed by atoms with van der Waals surface area (Å²) in [5.41, 5.74) is 1.55. The van der Waals surface area contributed by atoms with Crippen LogP contribution < -0.4 is 15.4 Å². The second-order valence-electron chi connectivity index (χ2n) is 11.1. The minimum Gasteiger partial charge on any atom is -0.477 e. The standard InChI is InChI=1S/C30H28F2N4O5/c1-30(2,3)41-29(40)35(6)22-12-20(31)25(32)23-18(22)11-21-24(23)26(34(4)5)19(13-33-21)15-7-8-16-9-10-17(28(38)39)27(37)36(16)14-15/h7-10,12-14H,11H2,1-6H3,(H,38,39). The molecule has 1 aromatic carbocycles. The van der Waals surface area contributed by atoms with Crippen molar-refractivity contribution >= 4 is 29.0 Å². The number of ether oxygens (including phenoxy) is 1. The summed E-state index contributed by atoms with van der Waals surface area (Å²) < 4.78 is 37.4. The van der Waals surface area contributed by atoms with Crippen molar-refractivity contribution in [3.63, 3.8) is 0 Å². The van der Waals surface area contributed by atoms with Crippen molar-refractivity contribution in [2.45, 2.75) is 32.8 Å². The Labute approximate surface area is 234 Å². The Morgan fingerprint density at radius 3 is 2.39 bits per heavy atom. The number of nitrogens with zero attached hydrogens (tertiary/aromatic N) is 4. The summed E-state index contributed by atoms with van der Waals surface area (Å²) in [4.78, 5) is 44.7. The summed E-state index contributed by atoms with van der Waals surface area (Å²) in [6, 6.07) is 7.17. The highest BCUT2D eigenvalue weighted by atomic mass is 19.2. The molecule has 4 aromatic rings. The molecule has 0 saturated heterocycles. The van der Waals surface area contributed by atoms with Gasteiger partial charge in [0.05, 0.1) is 17.1 Å². The summed E-state index contributed by atoms with van der Waals surface area (Å²) in [6.07, 6.45) is 2.51. The molecule has 1 N–H and O–H groups in total. The van der Waals surface area contributed by atoms with Gasteiger partial charge in [-0.05, 0) is 44.5 Å². The predicted octanol–water partition coefficient (Wildman–Crippen LogP) is 5.35. The molecular formula is C30H28F2N4O5. The first-order valence-corrected chi connectivity index (χ1v) is 12.8. The molecule has 41 heavy (non-hydrogen) atoms. The number of hydrogen-bond acceptors (Lipinski definition) is 6. The van der Waals surface area contributed by atoms with Gasteiger partial charge < -0.3 is 14.7 Å². The van der Waals surface area contributed by atoms with E-state index in [1.165, 1.54) is 29.8 Å². The highest BCUT2D eigenvalue weighted by molar-refractivity contribution is 5.99. The number of aromatic nitrogens is 2. The fraction of sp³-hybridized carbons (Fsp3) is 0.267. The normalized spacial score (nSPS) is 12.2. The van der Waals surface area contributed by atoms with Crippen LogP contribution >= 0.6 is 0 Å². The summed E-state index contributed by atoms with van der Waals surface area (Å²) in [6.45, 7) is 5.13. The number of carbonyl (C=O) groups is 2. The number of halogens is 2. The number of carbonyl (C=O) groups excluding carboxylic acids is 1. The zero-order valence-corrected chi connectivity index (χ0v) is 23.4. The summed E-state index contributed by atoms with van der Waals surface area (Å²) in [7, 11) is 4.93. The first-order chi connectivity index (χ1) is 19.2. The van der Waals surface area contributed by atoms with Gasteiger partial charge in [0.25, 0.3) is 5.56 Å². The zero-order chi connectivity index (χ0) is 30.0. The SMILES string of the molecule is CN(C)c1c(-c2ccc3ccc(C(=O)O)c(=O)n3c2)cnc2c1-c1c(F)c(F)cc(N(C)C(=O)OC(C)(C)C)c1C2. The molecule has 11 heteroatoms. The third-order valence-electron chi connectivity index (χ3n) is 6.90. The fourth-order valence-corrected chi connectivity index (χ4v) is 5.11. The van der Waals surface area contributed by atoms with Crippen LogP contribution in [0.4, 0.5) is 25.0 Å². The Kier molecular flexibility index (Phi) is 6.56. The topological polar surface area (TPSA) is 104 Å². The van der Waals surface area contributed by atoms with Crippen molar-refractivity contribution in [1.29, 1.82) is 0 Å².